The van der Waals surface area contributed by atoms with Crippen LogP contribution in [0.3, 0.4) is 0 Å². The van der Waals surface area contributed by atoms with Crippen LogP contribution in [0.4, 0.5) is 5.82 Å². The summed E-state index contributed by atoms with van der Waals surface area (Å²) >= 11 is 0. The molecule has 0 atom stereocenters. The summed E-state index contributed by atoms with van der Waals surface area (Å²) < 4.78 is 0. The predicted octanol–water partition coefficient (Wildman–Crippen LogP) is 1.40. The standard InChI is InChI=1S/C11H14N2O3/c1-7(14)13-9-5-4-8(6-12-9)11(2,3)10(15)16/h4-6H,1-3H3,(H,15,16)(H,12,13,14). The highest BCUT2D eigenvalue weighted by molar-refractivity contribution is 5.87. The van der Waals surface area contributed by atoms with E-state index in [1.54, 1.807) is 26.0 Å². The Morgan fingerprint density at radius 1 is 1.38 bits per heavy atom. The lowest BCUT2D eigenvalue weighted by Gasteiger charge is -2.19. The first-order valence-electron chi connectivity index (χ1n) is 4.81. The Morgan fingerprint density at radius 2 is 2.00 bits per heavy atom. The molecular formula is C11H14N2O3. The Kier molecular flexibility index (Phi) is 3.27. The molecule has 0 saturated heterocycles. The molecule has 1 aromatic rings. The molecule has 1 rings (SSSR count). The molecule has 0 aliphatic heterocycles. The van der Waals surface area contributed by atoms with E-state index in [0.717, 1.165) is 0 Å². The molecule has 1 amide bonds. The van der Waals surface area contributed by atoms with Crippen molar-refractivity contribution in [3.05, 3.63) is 23.9 Å². The van der Waals surface area contributed by atoms with E-state index in [-0.39, 0.29) is 5.91 Å². The van der Waals surface area contributed by atoms with Gasteiger partial charge in [0.2, 0.25) is 5.91 Å². The van der Waals surface area contributed by atoms with Crippen molar-refractivity contribution < 1.29 is 14.7 Å². The number of aliphatic carboxylic acids is 1. The van der Waals surface area contributed by atoms with Crippen LogP contribution in [-0.4, -0.2) is 22.0 Å². The van der Waals surface area contributed by atoms with Crippen molar-refractivity contribution in [3.63, 3.8) is 0 Å². The Balaban J connectivity index is 2.95. The van der Waals surface area contributed by atoms with Gasteiger partial charge in [0.1, 0.15) is 5.82 Å². The number of amides is 1. The number of hydrogen-bond donors (Lipinski definition) is 2. The van der Waals surface area contributed by atoms with Crippen LogP contribution in [0.5, 0.6) is 0 Å². The van der Waals surface area contributed by atoms with Crippen LogP contribution in [0.15, 0.2) is 18.3 Å². The number of carbonyl (C=O) groups is 2. The lowest BCUT2D eigenvalue weighted by Crippen LogP contribution is -2.28. The largest absolute Gasteiger partial charge is 0.481 e. The summed E-state index contributed by atoms with van der Waals surface area (Å²) in [4.78, 5) is 25.7. The normalized spacial score (nSPS) is 10.9. The molecule has 5 nitrogen and oxygen atoms in total. The third kappa shape index (κ3) is 2.56. The number of carboxylic acids is 1. The molecule has 1 heterocycles. The lowest BCUT2D eigenvalue weighted by atomic mass is 9.86. The smallest absolute Gasteiger partial charge is 0.313 e. The van der Waals surface area contributed by atoms with E-state index < -0.39 is 11.4 Å². The first-order chi connectivity index (χ1) is 7.34. The van der Waals surface area contributed by atoms with Crippen molar-refractivity contribution in [2.75, 3.05) is 5.32 Å². The average Bonchev–Trinajstić information content (AvgIpc) is 2.17. The van der Waals surface area contributed by atoms with E-state index in [0.29, 0.717) is 11.4 Å². The maximum Gasteiger partial charge on any atom is 0.313 e. The second-order valence-electron chi connectivity index (χ2n) is 4.04. The fourth-order valence-corrected chi connectivity index (χ4v) is 1.14. The van der Waals surface area contributed by atoms with Gasteiger partial charge in [-0.05, 0) is 25.5 Å². The van der Waals surface area contributed by atoms with Gasteiger partial charge in [0.05, 0.1) is 5.41 Å². The molecule has 5 heteroatoms. The number of anilines is 1. The zero-order valence-corrected chi connectivity index (χ0v) is 9.44. The number of rotatable bonds is 3. The Hall–Kier alpha value is -1.91. The maximum atomic E-state index is 11.0. The Labute approximate surface area is 93.5 Å². The molecule has 0 radical (unpaired) electrons. The van der Waals surface area contributed by atoms with Gasteiger partial charge in [-0.2, -0.15) is 0 Å². The zero-order valence-electron chi connectivity index (χ0n) is 9.44. The van der Waals surface area contributed by atoms with Gasteiger partial charge in [0, 0.05) is 13.1 Å². The third-order valence-electron chi connectivity index (χ3n) is 2.32. The predicted molar refractivity (Wildman–Crippen MR) is 59.2 cm³/mol. The lowest BCUT2D eigenvalue weighted by molar-refractivity contribution is -0.142. The molecule has 0 spiro atoms. The first kappa shape index (κ1) is 12.2. The van der Waals surface area contributed by atoms with E-state index in [2.05, 4.69) is 10.3 Å². The molecule has 0 bridgehead atoms. The van der Waals surface area contributed by atoms with Gasteiger partial charge in [0.15, 0.2) is 0 Å². The summed E-state index contributed by atoms with van der Waals surface area (Å²) in [5.74, 6) is -0.711. The molecular weight excluding hydrogens is 208 g/mol. The SMILES string of the molecule is CC(=O)Nc1ccc(C(C)(C)C(=O)O)cn1. The fourth-order valence-electron chi connectivity index (χ4n) is 1.14. The quantitative estimate of drug-likeness (QED) is 0.810. The monoisotopic (exact) mass is 222 g/mol. The molecule has 0 aliphatic carbocycles. The minimum Gasteiger partial charge on any atom is -0.481 e. The van der Waals surface area contributed by atoms with E-state index in [1.165, 1.54) is 13.1 Å². The zero-order chi connectivity index (χ0) is 12.3. The van der Waals surface area contributed by atoms with Crippen LogP contribution in [0.1, 0.15) is 26.3 Å². The van der Waals surface area contributed by atoms with E-state index in [1.807, 2.05) is 0 Å². The highest BCUT2D eigenvalue weighted by Gasteiger charge is 2.29. The van der Waals surface area contributed by atoms with Gasteiger partial charge in [-0.25, -0.2) is 4.98 Å². The van der Waals surface area contributed by atoms with Crippen LogP contribution in [0.25, 0.3) is 0 Å². The van der Waals surface area contributed by atoms with Crippen LogP contribution in [0, 0.1) is 0 Å². The van der Waals surface area contributed by atoms with Crippen molar-refractivity contribution in [3.8, 4) is 0 Å². The molecule has 0 fully saturated rings. The maximum absolute atomic E-state index is 11.0. The number of aromatic nitrogens is 1. The van der Waals surface area contributed by atoms with Crippen LogP contribution >= 0.6 is 0 Å². The summed E-state index contributed by atoms with van der Waals surface area (Å²) in [5.41, 5.74) is -0.393. The fraction of sp³-hybridized carbons (Fsp3) is 0.364. The second kappa shape index (κ2) is 4.30. The van der Waals surface area contributed by atoms with Crippen molar-refractivity contribution in [1.82, 2.24) is 4.98 Å². The number of carbonyl (C=O) groups excluding carboxylic acids is 1. The number of nitrogens with zero attached hydrogens (tertiary/aromatic N) is 1. The van der Waals surface area contributed by atoms with Crippen molar-refractivity contribution in [2.24, 2.45) is 0 Å². The van der Waals surface area contributed by atoms with Gasteiger partial charge in [-0.1, -0.05) is 6.07 Å². The number of carboxylic acid groups (broad SMARTS) is 1. The Morgan fingerprint density at radius 3 is 2.38 bits per heavy atom. The summed E-state index contributed by atoms with van der Waals surface area (Å²) in [7, 11) is 0. The number of hydrogen-bond acceptors (Lipinski definition) is 3. The van der Waals surface area contributed by atoms with Crippen LogP contribution in [0.2, 0.25) is 0 Å². The minimum absolute atomic E-state index is 0.210. The summed E-state index contributed by atoms with van der Waals surface area (Å²) in [5, 5.41) is 11.5. The highest BCUT2D eigenvalue weighted by Crippen LogP contribution is 2.23. The second-order valence-corrected chi connectivity index (χ2v) is 4.04. The molecule has 86 valence electrons. The van der Waals surface area contributed by atoms with E-state index >= 15 is 0 Å². The van der Waals surface area contributed by atoms with Gasteiger partial charge in [0.25, 0.3) is 0 Å². The molecule has 0 aliphatic rings. The summed E-state index contributed by atoms with van der Waals surface area (Å²) in [6.45, 7) is 4.59. The molecule has 0 saturated carbocycles. The summed E-state index contributed by atoms with van der Waals surface area (Å²) in [6, 6.07) is 3.23. The average molecular weight is 222 g/mol. The molecule has 0 aromatic carbocycles. The molecule has 1 aromatic heterocycles. The number of pyridine rings is 1. The van der Waals surface area contributed by atoms with Crippen LogP contribution in [-0.2, 0) is 15.0 Å². The van der Waals surface area contributed by atoms with Crippen molar-refractivity contribution >= 4 is 17.7 Å². The van der Waals surface area contributed by atoms with Gasteiger partial charge >= 0.3 is 5.97 Å². The van der Waals surface area contributed by atoms with E-state index in [9.17, 15) is 9.59 Å². The van der Waals surface area contributed by atoms with Crippen molar-refractivity contribution in [2.45, 2.75) is 26.2 Å². The first-order valence-corrected chi connectivity index (χ1v) is 4.81. The third-order valence-corrected chi connectivity index (χ3v) is 2.32. The van der Waals surface area contributed by atoms with Crippen molar-refractivity contribution in [1.29, 1.82) is 0 Å². The molecule has 2 N–H and O–H groups in total. The van der Waals surface area contributed by atoms with E-state index in [4.69, 9.17) is 5.11 Å². The number of nitrogens with one attached hydrogen (secondary N) is 1. The molecule has 0 unspecified atom stereocenters. The van der Waals surface area contributed by atoms with Gasteiger partial charge in [-0.15, -0.1) is 0 Å². The minimum atomic E-state index is -0.984. The van der Waals surface area contributed by atoms with Gasteiger partial charge in [-0.3, -0.25) is 9.59 Å². The topological polar surface area (TPSA) is 79.3 Å². The molecule has 16 heavy (non-hydrogen) atoms. The van der Waals surface area contributed by atoms with Gasteiger partial charge < -0.3 is 10.4 Å². The Bertz CT molecular complexity index is 410. The summed E-state index contributed by atoms with van der Waals surface area (Å²) in [6.07, 6.45) is 1.46. The van der Waals surface area contributed by atoms with Crippen LogP contribution < -0.4 is 5.32 Å². The highest BCUT2D eigenvalue weighted by atomic mass is 16.4.